The third kappa shape index (κ3) is 4.99. The summed E-state index contributed by atoms with van der Waals surface area (Å²) in [4.78, 5) is 28.0. The smallest absolute Gasteiger partial charge is 0.275 e. The number of benzene rings is 4. The van der Waals surface area contributed by atoms with Crippen molar-refractivity contribution in [2.75, 3.05) is 0 Å². The van der Waals surface area contributed by atoms with E-state index < -0.39 is 5.92 Å². The summed E-state index contributed by atoms with van der Waals surface area (Å²) in [6, 6.07) is 32.4. The minimum Gasteiger partial charge on any atom is -0.489 e. The fourth-order valence-electron chi connectivity index (χ4n) is 5.33. The van der Waals surface area contributed by atoms with Crippen LogP contribution in [0, 0.1) is 19.7 Å². The third-order valence-electron chi connectivity index (χ3n) is 7.41. The van der Waals surface area contributed by atoms with Crippen LogP contribution in [-0.4, -0.2) is 19.6 Å². The van der Waals surface area contributed by atoms with Crippen molar-refractivity contribution in [3.05, 3.63) is 169 Å². The molecule has 0 amide bonds. The molecule has 4 aromatic carbocycles. The Morgan fingerprint density at radius 2 is 1.14 bits per heavy atom. The van der Waals surface area contributed by atoms with E-state index in [2.05, 4.69) is 10.2 Å². The van der Waals surface area contributed by atoms with Gasteiger partial charge in [-0.3, -0.25) is 19.8 Å². The molecule has 0 aliphatic heterocycles. The van der Waals surface area contributed by atoms with Gasteiger partial charge in [-0.2, -0.15) is 0 Å². The van der Waals surface area contributed by atoms with Crippen LogP contribution in [0.2, 0.25) is 0 Å². The van der Waals surface area contributed by atoms with Crippen molar-refractivity contribution in [1.82, 2.24) is 19.6 Å². The van der Waals surface area contributed by atoms with E-state index in [1.54, 1.807) is 30.3 Å². The van der Waals surface area contributed by atoms with E-state index >= 15 is 0 Å². The van der Waals surface area contributed by atoms with Gasteiger partial charge in [0.1, 0.15) is 18.2 Å². The lowest BCUT2D eigenvalue weighted by molar-refractivity contribution is 0.300. The number of para-hydroxylation sites is 2. The second kappa shape index (κ2) is 11.2. The summed E-state index contributed by atoms with van der Waals surface area (Å²) in [7, 11) is 0. The monoisotopic (exact) mass is 560 g/mol. The van der Waals surface area contributed by atoms with Crippen molar-refractivity contribution in [3.63, 3.8) is 0 Å². The highest BCUT2D eigenvalue weighted by atomic mass is 19.1. The number of rotatable bonds is 8. The molecule has 0 unspecified atom stereocenters. The average Bonchev–Trinajstić information content (AvgIpc) is 3.48. The summed E-state index contributed by atoms with van der Waals surface area (Å²) in [6.07, 6.45) is 0. The molecule has 8 heteroatoms. The third-order valence-corrected chi connectivity index (χ3v) is 7.41. The second-order valence-corrected chi connectivity index (χ2v) is 10.1. The van der Waals surface area contributed by atoms with Gasteiger partial charge in [-0.05, 0) is 61.9 Å². The molecule has 0 spiro atoms. The predicted molar refractivity (Wildman–Crippen MR) is 160 cm³/mol. The number of hydrogen-bond acceptors (Lipinski definition) is 3. The van der Waals surface area contributed by atoms with Crippen LogP contribution in [0.15, 0.2) is 119 Å². The maximum atomic E-state index is 14.1. The summed E-state index contributed by atoms with van der Waals surface area (Å²) in [5, 5.41) is 6.41. The van der Waals surface area contributed by atoms with E-state index in [9.17, 15) is 14.0 Å². The summed E-state index contributed by atoms with van der Waals surface area (Å²) >= 11 is 0. The standard InChI is InChI=1S/C34H29FN4O3/c1-22-30(33(40)38(36-22)26-12-5-3-6-13-26)32(31-23(2)37-39(34(31)41)27-14-7-4-8-15-27)24-17-19-28(20-18-24)42-21-25-11-9-10-16-29(25)35/h3-20,32,36-37H,21H2,1-2H3. The van der Waals surface area contributed by atoms with Crippen LogP contribution < -0.4 is 15.9 Å². The van der Waals surface area contributed by atoms with E-state index in [0.717, 1.165) is 5.56 Å². The lowest BCUT2D eigenvalue weighted by atomic mass is 9.85. The highest BCUT2D eigenvalue weighted by Crippen LogP contribution is 2.33. The lowest BCUT2D eigenvalue weighted by Gasteiger charge is -2.16. The van der Waals surface area contributed by atoms with Gasteiger partial charge in [0.2, 0.25) is 0 Å². The van der Waals surface area contributed by atoms with Gasteiger partial charge in [0.15, 0.2) is 0 Å². The first-order valence-corrected chi connectivity index (χ1v) is 13.6. The highest BCUT2D eigenvalue weighted by molar-refractivity contribution is 5.48. The van der Waals surface area contributed by atoms with Crippen molar-refractivity contribution in [2.24, 2.45) is 0 Å². The summed E-state index contributed by atoms with van der Waals surface area (Å²) in [5.74, 6) is -0.460. The second-order valence-electron chi connectivity index (χ2n) is 10.1. The summed E-state index contributed by atoms with van der Waals surface area (Å²) in [5.41, 5.74) is 4.35. The van der Waals surface area contributed by atoms with Crippen molar-refractivity contribution >= 4 is 0 Å². The number of ether oxygens (including phenoxy) is 1. The Hall–Kier alpha value is -5.37. The van der Waals surface area contributed by atoms with Crippen LogP contribution in [0.25, 0.3) is 11.4 Å². The van der Waals surface area contributed by atoms with Crippen molar-refractivity contribution in [3.8, 4) is 17.1 Å². The minimum atomic E-state index is -0.673. The Morgan fingerprint density at radius 3 is 1.64 bits per heavy atom. The van der Waals surface area contributed by atoms with Gasteiger partial charge >= 0.3 is 0 Å². The quantitative estimate of drug-likeness (QED) is 0.234. The molecule has 6 rings (SSSR count). The van der Waals surface area contributed by atoms with Gasteiger partial charge in [-0.1, -0.05) is 66.7 Å². The highest BCUT2D eigenvalue weighted by Gasteiger charge is 2.31. The Labute approximate surface area is 241 Å². The van der Waals surface area contributed by atoms with Crippen LogP contribution >= 0.6 is 0 Å². The fraction of sp³-hybridized carbons (Fsp3) is 0.118. The molecule has 2 aromatic heterocycles. The first-order valence-electron chi connectivity index (χ1n) is 13.6. The van der Waals surface area contributed by atoms with Gasteiger partial charge in [0.25, 0.3) is 11.1 Å². The molecule has 0 saturated heterocycles. The molecular weight excluding hydrogens is 531 g/mol. The van der Waals surface area contributed by atoms with Gasteiger partial charge in [0.05, 0.1) is 22.5 Å². The topological polar surface area (TPSA) is 84.8 Å². The molecule has 0 aliphatic carbocycles. The van der Waals surface area contributed by atoms with Gasteiger partial charge in [0, 0.05) is 22.9 Å². The van der Waals surface area contributed by atoms with E-state index in [4.69, 9.17) is 4.74 Å². The Morgan fingerprint density at radius 1 is 0.667 bits per heavy atom. The Kier molecular flexibility index (Phi) is 7.19. The molecule has 2 heterocycles. The number of aromatic nitrogens is 4. The lowest BCUT2D eigenvalue weighted by Crippen LogP contribution is -2.25. The van der Waals surface area contributed by atoms with E-state index in [0.29, 0.717) is 45.2 Å². The van der Waals surface area contributed by atoms with Crippen LogP contribution in [0.3, 0.4) is 0 Å². The normalized spacial score (nSPS) is 11.2. The van der Waals surface area contributed by atoms with Crippen molar-refractivity contribution in [2.45, 2.75) is 26.4 Å². The molecule has 7 nitrogen and oxygen atoms in total. The van der Waals surface area contributed by atoms with Crippen molar-refractivity contribution < 1.29 is 9.13 Å². The zero-order valence-corrected chi connectivity index (χ0v) is 23.2. The summed E-state index contributed by atoms with van der Waals surface area (Å²) < 4.78 is 22.9. The Bertz CT molecular complexity index is 1850. The molecule has 210 valence electrons. The van der Waals surface area contributed by atoms with Crippen molar-refractivity contribution in [1.29, 1.82) is 0 Å². The van der Waals surface area contributed by atoms with E-state index in [1.165, 1.54) is 15.4 Å². The number of H-pyrrole nitrogens is 2. The molecule has 0 bridgehead atoms. The number of aryl methyl sites for hydroxylation is 2. The van der Waals surface area contributed by atoms with Gasteiger partial charge < -0.3 is 4.74 Å². The van der Waals surface area contributed by atoms with Crippen LogP contribution in [0.4, 0.5) is 4.39 Å². The molecule has 0 fully saturated rings. The maximum absolute atomic E-state index is 14.1. The van der Waals surface area contributed by atoms with Crippen LogP contribution in [-0.2, 0) is 6.61 Å². The first kappa shape index (κ1) is 26.8. The van der Waals surface area contributed by atoms with E-state index in [-0.39, 0.29) is 23.5 Å². The molecule has 42 heavy (non-hydrogen) atoms. The molecule has 6 aromatic rings. The summed E-state index contributed by atoms with van der Waals surface area (Å²) in [6.45, 7) is 3.76. The maximum Gasteiger partial charge on any atom is 0.275 e. The molecular formula is C34H29FN4O3. The minimum absolute atomic E-state index is 0.0762. The molecule has 0 radical (unpaired) electrons. The molecule has 2 N–H and O–H groups in total. The zero-order chi connectivity index (χ0) is 29.2. The van der Waals surface area contributed by atoms with Crippen LogP contribution in [0.5, 0.6) is 5.75 Å². The number of aromatic amines is 2. The SMILES string of the molecule is Cc1[nH]n(-c2ccccc2)c(=O)c1C(c1ccc(OCc2ccccc2F)cc1)c1c(C)[nH]n(-c2ccccc2)c1=O. The number of nitrogens with zero attached hydrogens (tertiary/aromatic N) is 2. The fourth-order valence-corrected chi connectivity index (χ4v) is 5.33. The molecule has 0 aliphatic rings. The number of hydrogen-bond donors (Lipinski definition) is 2. The molecule has 0 atom stereocenters. The van der Waals surface area contributed by atoms with Crippen LogP contribution in [0.1, 0.15) is 39.6 Å². The van der Waals surface area contributed by atoms with Gasteiger partial charge in [-0.15, -0.1) is 0 Å². The van der Waals surface area contributed by atoms with Gasteiger partial charge in [-0.25, -0.2) is 13.8 Å². The van der Waals surface area contributed by atoms with E-state index in [1.807, 2.05) is 86.6 Å². The number of nitrogens with one attached hydrogen (secondary N) is 2. The average molecular weight is 561 g/mol. The largest absolute Gasteiger partial charge is 0.489 e. The zero-order valence-electron chi connectivity index (χ0n) is 23.2. The molecule has 0 saturated carbocycles. The Balaban J connectivity index is 1.46. The number of halogens is 1. The predicted octanol–water partition coefficient (Wildman–Crippen LogP) is 6.16. The first-order chi connectivity index (χ1) is 20.4.